The van der Waals surface area contributed by atoms with Gasteiger partial charge in [-0.25, -0.2) is 9.66 Å². The molecule has 0 bridgehead atoms. The summed E-state index contributed by atoms with van der Waals surface area (Å²) in [4.78, 5) is 32.4. The third kappa shape index (κ3) is 5.36. The van der Waals surface area contributed by atoms with Crippen molar-refractivity contribution in [3.8, 4) is 0 Å². The van der Waals surface area contributed by atoms with E-state index in [0.29, 0.717) is 0 Å². The molecule has 0 saturated carbocycles. The molecule has 0 radical (unpaired) electrons. The van der Waals surface area contributed by atoms with E-state index in [4.69, 9.17) is 4.98 Å². The summed E-state index contributed by atoms with van der Waals surface area (Å²) in [5.74, 6) is 0.792. The number of aldehydes is 1. The molecule has 2 unspecified atom stereocenters. The van der Waals surface area contributed by atoms with E-state index in [2.05, 4.69) is 50.6 Å². The van der Waals surface area contributed by atoms with Crippen LogP contribution < -0.4 is 5.01 Å². The van der Waals surface area contributed by atoms with Gasteiger partial charge in [0.25, 0.3) is 0 Å². The number of hydrogen-bond acceptors (Lipinski definition) is 8. The van der Waals surface area contributed by atoms with Crippen LogP contribution in [0.3, 0.4) is 0 Å². The predicted molar refractivity (Wildman–Crippen MR) is 139 cm³/mol. The van der Waals surface area contributed by atoms with Crippen molar-refractivity contribution in [1.82, 2.24) is 34.3 Å². The van der Waals surface area contributed by atoms with E-state index in [9.17, 15) is 4.79 Å². The molecule has 2 aromatic heterocycles. The third-order valence-electron chi connectivity index (χ3n) is 6.59. The van der Waals surface area contributed by atoms with Crippen LogP contribution in [0.15, 0.2) is 42.9 Å². The second-order valence-corrected chi connectivity index (χ2v) is 9.69. The minimum atomic E-state index is 0.210. The highest BCUT2D eigenvalue weighted by Crippen LogP contribution is 2.29. The quantitative estimate of drug-likeness (QED) is 0.363. The Labute approximate surface area is 207 Å². The van der Waals surface area contributed by atoms with E-state index in [-0.39, 0.29) is 12.1 Å². The molecule has 4 rings (SSSR count). The van der Waals surface area contributed by atoms with Gasteiger partial charge in [-0.1, -0.05) is 6.07 Å². The summed E-state index contributed by atoms with van der Waals surface area (Å²) < 4.78 is 2.02. The Morgan fingerprint density at radius 2 is 1.89 bits per heavy atom. The molecule has 3 aromatic rings. The second kappa shape index (κ2) is 10.5. The fourth-order valence-electron chi connectivity index (χ4n) is 4.81. The standard InChI is InChI=1S/C26H36N8O/c1-19-16-32(20(2)21-7-8-23-24(15-21)28-11-10-27-23)12-13-33(19)25(9-14-35)26-29-22(17-30(3)4)18-34(26)31(5)6/h7-11,14-15,18-20H,12-13,16-17H2,1-6H3/b25-9+. The number of allylic oxidation sites excluding steroid dienone is 1. The molecule has 1 aromatic carbocycles. The van der Waals surface area contributed by atoms with Crippen molar-refractivity contribution >= 4 is 23.0 Å². The van der Waals surface area contributed by atoms with Crippen molar-refractivity contribution in [3.63, 3.8) is 0 Å². The van der Waals surface area contributed by atoms with E-state index < -0.39 is 0 Å². The zero-order chi connectivity index (χ0) is 25.1. The molecule has 2 atom stereocenters. The summed E-state index contributed by atoms with van der Waals surface area (Å²) in [5.41, 5.74) is 4.90. The van der Waals surface area contributed by atoms with Crippen LogP contribution in [0.25, 0.3) is 16.7 Å². The number of nitrogens with zero attached hydrogens (tertiary/aromatic N) is 8. The summed E-state index contributed by atoms with van der Waals surface area (Å²) >= 11 is 0. The summed E-state index contributed by atoms with van der Waals surface area (Å²) in [7, 11) is 8.03. The van der Waals surface area contributed by atoms with Crippen molar-refractivity contribution in [2.75, 3.05) is 52.8 Å². The molecule has 186 valence electrons. The van der Waals surface area contributed by atoms with Crippen LogP contribution in [0, 0.1) is 0 Å². The van der Waals surface area contributed by atoms with Gasteiger partial charge in [-0.2, -0.15) is 0 Å². The SMILES string of the molecule is CC(c1ccc2nccnc2c1)N1CCN(/C(=C/C=O)c2nc(CN(C)C)cn2N(C)C)C(C)C1. The maximum absolute atomic E-state index is 11.7. The summed E-state index contributed by atoms with van der Waals surface area (Å²) in [5, 5.41) is 1.99. The third-order valence-corrected chi connectivity index (χ3v) is 6.59. The zero-order valence-electron chi connectivity index (χ0n) is 21.6. The first-order chi connectivity index (χ1) is 16.8. The number of fused-ring (bicyclic) bond motifs is 1. The molecule has 1 fully saturated rings. The highest BCUT2D eigenvalue weighted by Gasteiger charge is 2.31. The van der Waals surface area contributed by atoms with Crippen LogP contribution in [0.2, 0.25) is 0 Å². The molecule has 1 aliphatic rings. The first-order valence-electron chi connectivity index (χ1n) is 12.1. The molecule has 0 spiro atoms. The highest BCUT2D eigenvalue weighted by atomic mass is 16.1. The van der Waals surface area contributed by atoms with Gasteiger partial charge in [0.1, 0.15) is 6.29 Å². The lowest BCUT2D eigenvalue weighted by Crippen LogP contribution is -2.51. The Bertz CT molecular complexity index is 1200. The van der Waals surface area contributed by atoms with Crippen LogP contribution in [-0.4, -0.2) is 94.5 Å². The van der Waals surface area contributed by atoms with Gasteiger partial charge in [0, 0.05) is 70.8 Å². The van der Waals surface area contributed by atoms with Gasteiger partial charge >= 0.3 is 0 Å². The lowest BCUT2D eigenvalue weighted by molar-refractivity contribution is -0.104. The first-order valence-corrected chi connectivity index (χ1v) is 12.1. The molecule has 0 aliphatic carbocycles. The van der Waals surface area contributed by atoms with Crippen LogP contribution in [0.4, 0.5) is 0 Å². The van der Waals surface area contributed by atoms with Gasteiger partial charge in [-0.15, -0.1) is 0 Å². The van der Waals surface area contributed by atoms with E-state index in [1.54, 1.807) is 18.5 Å². The Kier molecular flexibility index (Phi) is 7.47. The maximum atomic E-state index is 11.7. The molecule has 3 heterocycles. The molecular weight excluding hydrogens is 440 g/mol. The van der Waals surface area contributed by atoms with Crippen molar-refractivity contribution in [2.24, 2.45) is 0 Å². The highest BCUT2D eigenvalue weighted by molar-refractivity contribution is 5.79. The fourth-order valence-corrected chi connectivity index (χ4v) is 4.81. The monoisotopic (exact) mass is 476 g/mol. The molecule has 1 saturated heterocycles. The Balaban J connectivity index is 1.55. The largest absolute Gasteiger partial charge is 0.363 e. The van der Waals surface area contributed by atoms with E-state index in [0.717, 1.165) is 60.7 Å². The van der Waals surface area contributed by atoms with Crippen LogP contribution in [0.5, 0.6) is 0 Å². The van der Waals surface area contributed by atoms with Crippen LogP contribution in [0.1, 0.15) is 37.0 Å². The van der Waals surface area contributed by atoms with E-state index in [1.165, 1.54) is 5.56 Å². The average Bonchev–Trinajstić information content (AvgIpc) is 3.25. The van der Waals surface area contributed by atoms with Crippen molar-refractivity contribution < 1.29 is 4.79 Å². The molecule has 9 nitrogen and oxygen atoms in total. The summed E-state index contributed by atoms with van der Waals surface area (Å²) in [6.07, 6.45) is 8.02. The minimum absolute atomic E-state index is 0.210. The molecule has 35 heavy (non-hydrogen) atoms. The topological polar surface area (TPSA) is 73.6 Å². The van der Waals surface area contributed by atoms with Gasteiger partial charge in [0.2, 0.25) is 0 Å². The Hall–Kier alpha value is -3.30. The number of hydrogen-bond donors (Lipinski definition) is 0. The van der Waals surface area contributed by atoms with Crippen LogP contribution in [-0.2, 0) is 11.3 Å². The molecule has 1 aliphatic heterocycles. The summed E-state index contributed by atoms with van der Waals surface area (Å²) in [6.45, 7) is 7.76. The number of benzene rings is 1. The van der Waals surface area contributed by atoms with Crippen LogP contribution >= 0.6 is 0 Å². The van der Waals surface area contributed by atoms with Crippen molar-refractivity contribution in [3.05, 3.63) is 59.9 Å². The summed E-state index contributed by atoms with van der Waals surface area (Å²) in [6, 6.07) is 6.80. The number of imidazole rings is 1. The van der Waals surface area contributed by atoms with Gasteiger partial charge in [-0.3, -0.25) is 19.7 Å². The van der Waals surface area contributed by atoms with Gasteiger partial charge in [0.05, 0.1) is 28.6 Å². The lowest BCUT2D eigenvalue weighted by Gasteiger charge is -2.44. The van der Waals surface area contributed by atoms with E-state index >= 15 is 0 Å². The van der Waals surface area contributed by atoms with E-state index in [1.807, 2.05) is 50.1 Å². The molecule has 0 amide bonds. The number of aromatic nitrogens is 4. The maximum Gasteiger partial charge on any atom is 0.175 e. The minimum Gasteiger partial charge on any atom is -0.363 e. The smallest absolute Gasteiger partial charge is 0.175 e. The Morgan fingerprint density at radius 1 is 1.14 bits per heavy atom. The number of rotatable bonds is 8. The average molecular weight is 477 g/mol. The Morgan fingerprint density at radius 3 is 2.54 bits per heavy atom. The fraction of sp³-hybridized carbons (Fsp3) is 0.462. The predicted octanol–water partition coefficient (Wildman–Crippen LogP) is 2.39. The second-order valence-electron chi connectivity index (χ2n) is 9.69. The van der Waals surface area contributed by atoms with Gasteiger partial charge in [0.15, 0.2) is 5.82 Å². The van der Waals surface area contributed by atoms with Crippen molar-refractivity contribution in [2.45, 2.75) is 32.5 Å². The number of carbonyl (C=O) groups is 1. The normalized spacial score (nSPS) is 18.3. The molecular formula is C26H36N8O. The lowest BCUT2D eigenvalue weighted by atomic mass is 10.0. The molecule has 9 heteroatoms. The number of piperazine rings is 1. The number of carbonyl (C=O) groups excluding carboxylic acids is 1. The van der Waals surface area contributed by atoms with Crippen molar-refractivity contribution in [1.29, 1.82) is 0 Å². The van der Waals surface area contributed by atoms with Gasteiger partial charge in [-0.05, 0) is 45.6 Å². The first kappa shape index (κ1) is 24.8. The molecule has 0 N–H and O–H groups in total. The van der Waals surface area contributed by atoms with Gasteiger partial charge < -0.3 is 14.8 Å². The zero-order valence-corrected chi connectivity index (χ0v) is 21.6.